The van der Waals surface area contributed by atoms with E-state index in [4.69, 9.17) is 0 Å². The lowest BCUT2D eigenvalue weighted by Gasteiger charge is -2.17. The van der Waals surface area contributed by atoms with Crippen molar-refractivity contribution in [1.29, 1.82) is 0 Å². The number of hydrogen-bond donors (Lipinski definition) is 3. The number of rotatable bonds is 5. The van der Waals surface area contributed by atoms with Crippen molar-refractivity contribution in [1.82, 2.24) is 19.9 Å². The van der Waals surface area contributed by atoms with E-state index >= 15 is 0 Å². The summed E-state index contributed by atoms with van der Waals surface area (Å²) in [4.78, 5) is 20.1. The highest BCUT2D eigenvalue weighted by molar-refractivity contribution is 5.90. The smallest absolute Gasteiger partial charge is 0.319 e. The van der Waals surface area contributed by atoms with Gasteiger partial charge in [-0.2, -0.15) is 0 Å². The maximum atomic E-state index is 12.8. The molecule has 0 saturated carbocycles. The molecule has 0 radical (unpaired) electrons. The quantitative estimate of drug-likeness (QED) is 0.601. The number of halogens is 1. The van der Waals surface area contributed by atoms with Gasteiger partial charge in [-0.3, -0.25) is 4.98 Å². The van der Waals surface area contributed by atoms with Gasteiger partial charge in [-0.1, -0.05) is 6.07 Å². The fourth-order valence-electron chi connectivity index (χ4n) is 2.72. The number of amides is 2. The van der Waals surface area contributed by atoms with E-state index in [0.29, 0.717) is 5.69 Å². The van der Waals surface area contributed by atoms with Crippen LogP contribution in [0.25, 0.3) is 0 Å². The molecule has 2 aromatic heterocycles. The van der Waals surface area contributed by atoms with E-state index in [1.54, 1.807) is 18.3 Å². The minimum atomic E-state index is -0.498. The lowest BCUT2D eigenvalue weighted by molar-refractivity contribution is 0.251. The van der Waals surface area contributed by atoms with Crippen LogP contribution in [0.1, 0.15) is 30.0 Å². The minimum absolute atomic E-state index is 0.00849. The van der Waals surface area contributed by atoms with Crippen molar-refractivity contribution in [3.63, 3.8) is 0 Å². The summed E-state index contributed by atoms with van der Waals surface area (Å²) < 4.78 is 14.8. The third kappa shape index (κ3) is 4.41. The van der Waals surface area contributed by atoms with Crippen molar-refractivity contribution < 1.29 is 14.3 Å². The number of hydrogen-bond acceptors (Lipinski definition) is 4. The Labute approximate surface area is 155 Å². The molecule has 0 aliphatic heterocycles. The first-order chi connectivity index (χ1) is 12.9. The molecular formula is C19H20FN5O2. The predicted molar refractivity (Wildman–Crippen MR) is 98.9 cm³/mol. The van der Waals surface area contributed by atoms with Gasteiger partial charge in [0.2, 0.25) is 0 Å². The Morgan fingerprint density at radius 3 is 2.74 bits per heavy atom. The summed E-state index contributed by atoms with van der Waals surface area (Å²) >= 11 is 0. The lowest BCUT2D eigenvalue weighted by atomic mass is 10.1. The number of phenols is 1. The number of aryl methyl sites for hydroxylation is 1. The van der Waals surface area contributed by atoms with Crippen LogP contribution in [0, 0.1) is 12.7 Å². The maximum absolute atomic E-state index is 12.8. The molecule has 0 unspecified atom stereocenters. The number of imidazole rings is 1. The van der Waals surface area contributed by atoms with Crippen LogP contribution in [0.4, 0.5) is 14.9 Å². The second-order valence-electron chi connectivity index (χ2n) is 6.11. The largest absolute Gasteiger partial charge is 0.506 e. The summed E-state index contributed by atoms with van der Waals surface area (Å²) in [6.07, 6.45) is 4.69. The second-order valence-corrected chi connectivity index (χ2v) is 6.11. The first kappa shape index (κ1) is 18.4. The van der Waals surface area contributed by atoms with Gasteiger partial charge in [0.05, 0.1) is 30.2 Å². The topological polar surface area (TPSA) is 92.1 Å². The zero-order valence-corrected chi connectivity index (χ0v) is 15.0. The Morgan fingerprint density at radius 1 is 1.30 bits per heavy atom. The normalized spacial score (nSPS) is 11.8. The Morgan fingerprint density at radius 2 is 2.11 bits per heavy atom. The van der Waals surface area contributed by atoms with E-state index in [9.17, 15) is 14.3 Å². The van der Waals surface area contributed by atoms with Crippen LogP contribution in [-0.4, -0.2) is 25.7 Å². The van der Waals surface area contributed by atoms with Crippen LogP contribution in [0.3, 0.4) is 0 Å². The number of carbonyl (C=O) groups is 1. The lowest BCUT2D eigenvalue weighted by Crippen LogP contribution is -2.28. The Bertz CT molecular complexity index is 940. The number of pyridine rings is 1. The number of phenolic OH excluding ortho intramolecular Hbond substituents is 1. The SMILES string of the molecule is Cc1nccn1[C@@H](C)c1ccc(NC(=O)NCc2ccc(F)cn2)c(O)c1. The van der Waals surface area contributed by atoms with Crippen LogP contribution in [-0.2, 0) is 6.54 Å². The van der Waals surface area contributed by atoms with Crippen molar-refractivity contribution in [3.8, 4) is 5.75 Å². The number of nitrogens with one attached hydrogen (secondary N) is 2. The fourth-order valence-corrected chi connectivity index (χ4v) is 2.72. The minimum Gasteiger partial charge on any atom is -0.506 e. The third-order valence-electron chi connectivity index (χ3n) is 4.25. The van der Waals surface area contributed by atoms with E-state index in [1.165, 1.54) is 12.1 Å². The van der Waals surface area contributed by atoms with Crippen LogP contribution in [0.2, 0.25) is 0 Å². The molecule has 3 rings (SSSR count). The highest BCUT2D eigenvalue weighted by atomic mass is 19.1. The monoisotopic (exact) mass is 369 g/mol. The van der Waals surface area contributed by atoms with Gasteiger partial charge in [0, 0.05) is 12.4 Å². The summed E-state index contributed by atoms with van der Waals surface area (Å²) in [6.45, 7) is 4.05. The molecule has 0 aliphatic rings. The molecule has 1 aromatic carbocycles. The van der Waals surface area contributed by atoms with Crippen molar-refractivity contribution in [2.75, 3.05) is 5.32 Å². The van der Waals surface area contributed by atoms with Gasteiger partial charge in [0.25, 0.3) is 0 Å². The third-order valence-corrected chi connectivity index (χ3v) is 4.25. The van der Waals surface area contributed by atoms with Crippen molar-refractivity contribution in [2.45, 2.75) is 26.4 Å². The molecular weight excluding hydrogens is 349 g/mol. The second kappa shape index (κ2) is 7.86. The number of benzene rings is 1. The van der Waals surface area contributed by atoms with Crippen molar-refractivity contribution in [3.05, 3.63) is 71.8 Å². The standard InChI is InChI=1S/C19H20FN5O2/c1-12(25-8-7-21-13(25)2)14-3-6-17(18(26)9-14)24-19(27)23-11-16-5-4-15(20)10-22-16/h3-10,12,26H,11H2,1-2H3,(H2,23,24,27)/t12-/m0/s1. The Balaban J connectivity index is 1.62. The summed E-state index contributed by atoms with van der Waals surface area (Å²) in [5, 5.41) is 15.4. The van der Waals surface area contributed by atoms with Crippen LogP contribution < -0.4 is 10.6 Å². The van der Waals surface area contributed by atoms with Gasteiger partial charge in [0.15, 0.2) is 0 Å². The van der Waals surface area contributed by atoms with E-state index in [-0.39, 0.29) is 24.0 Å². The fraction of sp³-hybridized carbons (Fsp3) is 0.211. The molecule has 0 saturated heterocycles. The highest BCUT2D eigenvalue weighted by Crippen LogP contribution is 2.29. The van der Waals surface area contributed by atoms with E-state index < -0.39 is 11.8 Å². The molecule has 0 aliphatic carbocycles. The molecule has 0 fully saturated rings. The molecule has 0 spiro atoms. The molecule has 140 valence electrons. The molecule has 8 heteroatoms. The first-order valence-corrected chi connectivity index (χ1v) is 8.41. The Hall–Kier alpha value is -3.42. The molecule has 1 atom stereocenters. The summed E-state index contributed by atoms with van der Waals surface area (Å²) in [5.74, 6) is 0.401. The molecule has 7 nitrogen and oxygen atoms in total. The molecule has 27 heavy (non-hydrogen) atoms. The maximum Gasteiger partial charge on any atom is 0.319 e. The zero-order valence-electron chi connectivity index (χ0n) is 15.0. The van der Waals surface area contributed by atoms with Gasteiger partial charge >= 0.3 is 6.03 Å². The van der Waals surface area contributed by atoms with E-state index in [1.807, 2.05) is 30.7 Å². The van der Waals surface area contributed by atoms with Gasteiger partial charge in [-0.25, -0.2) is 14.2 Å². The van der Waals surface area contributed by atoms with Gasteiger partial charge in [0.1, 0.15) is 17.4 Å². The average Bonchev–Trinajstić information content (AvgIpc) is 3.08. The first-order valence-electron chi connectivity index (χ1n) is 8.41. The highest BCUT2D eigenvalue weighted by Gasteiger charge is 2.13. The molecule has 2 heterocycles. The van der Waals surface area contributed by atoms with Gasteiger partial charge in [-0.05, 0) is 43.7 Å². The Kier molecular flexibility index (Phi) is 5.35. The van der Waals surface area contributed by atoms with Gasteiger partial charge in [-0.15, -0.1) is 0 Å². The predicted octanol–water partition coefficient (Wildman–Crippen LogP) is 3.36. The number of urea groups is 1. The van der Waals surface area contributed by atoms with Crippen LogP contribution in [0.15, 0.2) is 48.9 Å². The molecule has 3 N–H and O–H groups in total. The molecule has 2 amide bonds. The van der Waals surface area contributed by atoms with Crippen LogP contribution >= 0.6 is 0 Å². The molecule has 0 bridgehead atoms. The summed E-state index contributed by atoms with van der Waals surface area (Å²) in [6, 6.07) is 7.34. The summed E-state index contributed by atoms with van der Waals surface area (Å²) in [7, 11) is 0. The average molecular weight is 369 g/mol. The number of aromatic hydroxyl groups is 1. The number of nitrogens with zero attached hydrogens (tertiary/aromatic N) is 3. The van der Waals surface area contributed by atoms with Crippen molar-refractivity contribution >= 4 is 11.7 Å². The van der Waals surface area contributed by atoms with Crippen molar-refractivity contribution in [2.24, 2.45) is 0 Å². The van der Waals surface area contributed by atoms with Gasteiger partial charge < -0.3 is 20.3 Å². The molecule has 3 aromatic rings. The number of carbonyl (C=O) groups excluding carboxylic acids is 1. The summed E-state index contributed by atoms with van der Waals surface area (Å²) in [5.41, 5.74) is 1.70. The van der Waals surface area contributed by atoms with E-state index in [2.05, 4.69) is 20.6 Å². The number of anilines is 1. The zero-order chi connectivity index (χ0) is 19.4. The van der Waals surface area contributed by atoms with E-state index in [0.717, 1.165) is 17.6 Å². The van der Waals surface area contributed by atoms with Crippen LogP contribution in [0.5, 0.6) is 5.75 Å². The number of aromatic nitrogens is 3.